The van der Waals surface area contributed by atoms with Crippen molar-refractivity contribution in [2.24, 2.45) is 11.5 Å². The Bertz CT molecular complexity index is 682. The van der Waals surface area contributed by atoms with E-state index in [0.717, 1.165) is 6.92 Å². The first kappa shape index (κ1) is 26.7. The number of carboxylic acid groups (broad SMARTS) is 2. The monoisotopic (exact) mass is 433 g/mol. The number of amides is 4. The fraction of sp³-hybridized carbons (Fsp3) is 0.625. The minimum absolute atomic E-state index is 0.399. The number of hydrogen-bond acceptors (Lipinski definition) is 8. The molecule has 0 aromatic heterocycles. The fourth-order valence-corrected chi connectivity index (χ4v) is 2.08. The topological polar surface area (TPSA) is 251 Å². The molecule has 0 aliphatic rings. The zero-order chi connectivity index (χ0) is 23.6. The van der Waals surface area contributed by atoms with Gasteiger partial charge in [-0.1, -0.05) is 0 Å². The van der Waals surface area contributed by atoms with Crippen LogP contribution in [0.1, 0.15) is 33.1 Å². The predicted octanol–water partition coefficient (Wildman–Crippen LogP) is -4.01. The van der Waals surface area contributed by atoms with Gasteiger partial charge in [0.2, 0.25) is 23.6 Å². The summed E-state index contributed by atoms with van der Waals surface area (Å²) in [6.07, 6.45) is -2.89. The van der Waals surface area contributed by atoms with Gasteiger partial charge < -0.3 is 42.7 Å². The summed E-state index contributed by atoms with van der Waals surface area (Å²) in [5.74, 6) is -6.64. The van der Waals surface area contributed by atoms with Crippen LogP contribution in [-0.4, -0.2) is 81.2 Å². The fourth-order valence-electron chi connectivity index (χ4n) is 2.08. The number of carbonyl (C=O) groups excluding carboxylic acids is 4. The van der Waals surface area contributed by atoms with Crippen LogP contribution in [-0.2, 0) is 28.8 Å². The maximum Gasteiger partial charge on any atom is 0.325 e. The summed E-state index contributed by atoms with van der Waals surface area (Å²) in [5, 5.41) is 33.4. The van der Waals surface area contributed by atoms with Gasteiger partial charge in [-0.2, -0.15) is 0 Å². The first-order valence-corrected chi connectivity index (χ1v) is 8.83. The molecule has 0 aliphatic carbocycles. The Morgan fingerprint density at radius 3 is 1.80 bits per heavy atom. The highest BCUT2D eigenvalue weighted by Crippen LogP contribution is 2.03. The number of primary amides is 1. The van der Waals surface area contributed by atoms with Crippen LogP contribution >= 0.6 is 0 Å². The summed E-state index contributed by atoms with van der Waals surface area (Å²) in [6.45, 7) is 2.38. The summed E-state index contributed by atoms with van der Waals surface area (Å²) < 4.78 is 0. The normalized spacial score (nSPS) is 15.6. The second-order valence-electron chi connectivity index (χ2n) is 6.56. The van der Waals surface area contributed by atoms with Crippen molar-refractivity contribution in [1.82, 2.24) is 16.0 Å². The molecule has 5 unspecified atom stereocenters. The Morgan fingerprint density at radius 1 is 0.867 bits per heavy atom. The Balaban J connectivity index is 5.44. The molecule has 0 rings (SSSR count). The Morgan fingerprint density at radius 2 is 1.37 bits per heavy atom. The van der Waals surface area contributed by atoms with Crippen LogP contribution < -0.4 is 27.4 Å². The van der Waals surface area contributed by atoms with Crippen molar-refractivity contribution in [2.75, 3.05) is 0 Å². The molecule has 4 amide bonds. The van der Waals surface area contributed by atoms with E-state index in [-0.39, 0.29) is 0 Å². The van der Waals surface area contributed by atoms with Gasteiger partial charge in [0.15, 0.2) is 0 Å². The minimum Gasteiger partial charge on any atom is -0.481 e. The standard InChI is InChI=1S/C16H27N5O9/c1-6(16(29)30)19-13(26)8(3-4-11(24)25)20-14(27)9(5-10(17)23)21-15(28)12(18)7(2)22/h6-9,12,22H,3-5,18H2,1-2H3,(H2,17,23)(H,19,26)(H,20,27)(H,21,28)(H,24,25)(H,29,30). The van der Waals surface area contributed by atoms with Crippen molar-refractivity contribution in [2.45, 2.75) is 63.4 Å². The van der Waals surface area contributed by atoms with E-state index in [0.29, 0.717) is 0 Å². The molecule has 170 valence electrons. The van der Waals surface area contributed by atoms with Gasteiger partial charge in [0, 0.05) is 6.42 Å². The zero-order valence-electron chi connectivity index (χ0n) is 16.5. The van der Waals surface area contributed by atoms with Crippen LogP contribution in [0.5, 0.6) is 0 Å². The minimum atomic E-state index is -1.57. The molecule has 10 N–H and O–H groups in total. The third-order valence-corrected chi connectivity index (χ3v) is 3.87. The van der Waals surface area contributed by atoms with Crippen LogP contribution in [0, 0.1) is 0 Å². The van der Waals surface area contributed by atoms with Gasteiger partial charge in [-0.05, 0) is 20.3 Å². The molecule has 0 heterocycles. The van der Waals surface area contributed by atoms with Crippen LogP contribution in [0.3, 0.4) is 0 Å². The Hall–Kier alpha value is -3.26. The average molecular weight is 433 g/mol. The largest absolute Gasteiger partial charge is 0.481 e. The SMILES string of the molecule is CC(NC(=O)C(CCC(=O)O)NC(=O)C(CC(N)=O)NC(=O)C(N)C(C)O)C(=O)O. The third kappa shape index (κ3) is 9.79. The van der Waals surface area contributed by atoms with E-state index in [2.05, 4.69) is 16.0 Å². The summed E-state index contributed by atoms with van der Waals surface area (Å²) >= 11 is 0. The highest BCUT2D eigenvalue weighted by Gasteiger charge is 2.31. The predicted molar refractivity (Wildman–Crippen MR) is 99.4 cm³/mol. The lowest BCUT2D eigenvalue weighted by molar-refractivity contribution is -0.142. The molecule has 0 aromatic rings. The molecule has 14 nitrogen and oxygen atoms in total. The molecule has 5 atom stereocenters. The molecule has 0 bridgehead atoms. The number of carboxylic acids is 2. The molecule has 0 aromatic carbocycles. The molecule has 0 spiro atoms. The van der Waals surface area contributed by atoms with Gasteiger partial charge in [0.25, 0.3) is 0 Å². The van der Waals surface area contributed by atoms with E-state index in [1.807, 2.05) is 0 Å². The van der Waals surface area contributed by atoms with E-state index in [9.17, 15) is 33.9 Å². The second-order valence-corrected chi connectivity index (χ2v) is 6.56. The van der Waals surface area contributed by atoms with Crippen molar-refractivity contribution in [1.29, 1.82) is 0 Å². The Labute approximate surface area is 171 Å². The molecule has 14 heteroatoms. The number of hydrogen-bond donors (Lipinski definition) is 8. The molecule has 30 heavy (non-hydrogen) atoms. The number of nitrogens with two attached hydrogens (primary N) is 2. The number of carbonyl (C=O) groups is 6. The van der Waals surface area contributed by atoms with Crippen molar-refractivity contribution >= 4 is 35.6 Å². The molecule has 0 aliphatic heterocycles. The summed E-state index contributed by atoms with van der Waals surface area (Å²) in [5.41, 5.74) is 10.5. The van der Waals surface area contributed by atoms with E-state index < -0.39 is 85.1 Å². The van der Waals surface area contributed by atoms with Crippen LogP contribution in [0.15, 0.2) is 0 Å². The molecular weight excluding hydrogens is 406 g/mol. The summed E-state index contributed by atoms with van der Waals surface area (Å²) in [4.78, 5) is 69.7. The molecule has 0 radical (unpaired) electrons. The lowest BCUT2D eigenvalue weighted by Gasteiger charge is -2.24. The summed E-state index contributed by atoms with van der Waals surface area (Å²) in [6, 6.07) is -5.80. The van der Waals surface area contributed by atoms with Gasteiger partial charge in [0.05, 0.1) is 12.5 Å². The average Bonchev–Trinajstić information content (AvgIpc) is 2.62. The van der Waals surface area contributed by atoms with Gasteiger partial charge in [-0.25, -0.2) is 0 Å². The summed E-state index contributed by atoms with van der Waals surface area (Å²) in [7, 11) is 0. The number of aliphatic hydroxyl groups excluding tert-OH is 1. The van der Waals surface area contributed by atoms with Gasteiger partial charge in [0.1, 0.15) is 24.2 Å². The van der Waals surface area contributed by atoms with E-state index in [1.165, 1.54) is 6.92 Å². The molecule has 0 fully saturated rings. The van der Waals surface area contributed by atoms with Crippen molar-refractivity contribution in [3.8, 4) is 0 Å². The molecule has 0 saturated heterocycles. The highest BCUT2D eigenvalue weighted by atomic mass is 16.4. The lowest BCUT2D eigenvalue weighted by atomic mass is 10.1. The van der Waals surface area contributed by atoms with E-state index in [4.69, 9.17) is 21.7 Å². The highest BCUT2D eigenvalue weighted by molar-refractivity contribution is 5.96. The Kier molecular flexibility index (Phi) is 11.0. The van der Waals surface area contributed by atoms with E-state index >= 15 is 0 Å². The number of aliphatic carboxylic acids is 2. The smallest absolute Gasteiger partial charge is 0.325 e. The van der Waals surface area contributed by atoms with E-state index in [1.54, 1.807) is 0 Å². The number of rotatable bonds is 13. The maximum absolute atomic E-state index is 12.5. The van der Waals surface area contributed by atoms with Crippen molar-refractivity contribution < 1.29 is 44.1 Å². The molecule has 0 saturated carbocycles. The zero-order valence-corrected chi connectivity index (χ0v) is 16.5. The van der Waals surface area contributed by atoms with Gasteiger partial charge in [-0.3, -0.25) is 28.8 Å². The first-order chi connectivity index (χ1) is 13.8. The maximum atomic E-state index is 12.5. The van der Waals surface area contributed by atoms with Crippen molar-refractivity contribution in [3.05, 3.63) is 0 Å². The molecular formula is C16H27N5O9. The number of aliphatic hydroxyl groups is 1. The first-order valence-electron chi connectivity index (χ1n) is 8.83. The van der Waals surface area contributed by atoms with Crippen LogP contribution in [0.2, 0.25) is 0 Å². The number of nitrogens with one attached hydrogen (secondary N) is 3. The lowest BCUT2D eigenvalue weighted by Crippen LogP contribution is -2.58. The van der Waals surface area contributed by atoms with Gasteiger partial charge >= 0.3 is 11.9 Å². The van der Waals surface area contributed by atoms with Crippen LogP contribution in [0.4, 0.5) is 0 Å². The second kappa shape index (κ2) is 12.3. The van der Waals surface area contributed by atoms with Crippen molar-refractivity contribution in [3.63, 3.8) is 0 Å². The third-order valence-electron chi connectivity index (χ3n) is 3.87. The van der Waals surface area contributed by atoms with Gasteiger partial charge in [-0.15, -0.1) is 0 Å². The van der Waals surface area contributed by atoms with Crippen LogP contribution in [0.25, 0.3) is 0 Å². The quantitative estimate of drug-likeness (QED) is 0.140.